The highest BCUT2D eigenvalue weighted by Gasteiger charge is 2.39. The molecule has 0 saturated carbocycles. The number of anilines is 2. The molecule has 5 rings (SSSR count). The first-order chi connectivity index (χ1) is 19.8. The van der Waals surface area contributed by atoms with Crippen molar-refractivity contribution in [3.8, 4) is 28.0 Å². The number of halogens is 3. The first-order valence-electron chi connectivity index (χ1n) is 12.9. The van der Waals surface area contributed by atoms with Crippen LogP contribution in [0.25, 0.3) is 22.3 Å². The Morgan fingerprint density at radius 2 is 1.57 bits per heavy atom. The molecule has 10 heteroatoms. The van der Waals surface area contributed by atoms with Gasteiger partial charge >= 0.3 is 12.1 Å². The highest BCUT2D eigenvalue weighted by Crippen LogP contribution is 2.45. The summed E-state index contributed by atoms with van der Waals surface area (Å²) in [4.78, 5) is 24.3. The average Bonchev–Trinajstić information content (AvgIpc) is 3.26. The molecule has 0 radical (unpaired) electrons. The SMILES string of the molecule is CC(C)(C)c1ccc(-c2c(C(F)(F)F)ccc3c2NC(=O)C3=NNc2cccc(-c3cccc(C(=O)O)c3)c2O)cc1. The zero-order chi connectivity index (χ0) is 30.4. The Balaban J connectivity index is 1.55. The van der Waals surface area contributed by atoms with Gasteiger partial charge in [0.05, 0.1) is 22.5 Å². The molecule has 1 amide bonds. The smallest absolute Gasteiger partial charge is 0.417 e. The van der Waals surface area contributed by atoms with E-state index in [1.165, 1.54) is 24.3 Å². The number of nitrogens with zero attached hydrogens (tertiary/aromatic N) is 1. The van der Waals surface area contributed by atoms with Crippen molar-refractivity contribution in [1.29, 1.82) is 0 Å². The average molecular weight is 574 g/mol. The lowest BCUT2D eigenvalue weighted by molar-refractivity contribution is -0.137. The summed E-state index contributed by atoms with van der Waals surface area (Å²) in [5.74, 6) is -2.09. The van der Waals surface area contributed by atoms with Gasteiger partial charge in [-0.2, -0.15) is 18.3 Å². The Morgan fingerprint density at radius 3 is 2.21 bits per heavy atom. The molecule has 4 aromatic rings. The predicted molar refractivity (Wildman–Crippen MR) is 155 cm³/mol. The van der Waals surface area contributed by atoms with Crippen molar-refractivity contribution in [3.63, 3.8) is 0 Å². The molecule has 0 bridgehead atoms. The quantitative estimate of drug-likeness (QED) is 0.146. The zero-order valence-electron chi connectivity index (χ0n) is 22.8. The maximum absolute atomic E-state index is 14.1. The lowest BCUT2D eigenvalue weighted by atomic mass is 9.85. The van der Waals surface area contributed by atoms with Gasteiger partial charge in [0.25, 0.3) is 5.91 Å². The van der Waals surface area contributed by atoms with Gasteiger partial charge in [-0.25, -0.2) is 4.79 Å². The van der Waals surface area contributed by atoms with Gasteiger partial charge in [0, 0.05) is 16.7 Å². The molecule has 0 spiro atoms. The molecule has 0 atom stereocenters. The van der Waals surface area contributed by atoms with E-state index in [2.05, 4.69) is 15.8 Å². The largest absolute Gasteiger partial charge is 0.505 e. The van der Waals surface area contributed by atoms with Gasteiger partial charge in [0.15, 0.2) is 5.71 Å². The molecule has 0 aliphatic carbocycles. The van der Waals surface area contributed by atoms with Crippen molar-refractivity contribution in [2.75, 3.05) is 10.7 Å². The predicted octanol–water partition coefficient (Wildman–Crippen LogP) is 7.51. The summed E-state index contributed by atoms with van der Waals surface area (Å²) in [6, 6.07) is 19.5. The molecule has 7 nitrogen and oxygen atoms in total. The first kappa shape index (κ1) is 28.4. The summed E-state index contributed by atoms with van der Waals surface area (Å²) in [6.45, 7) is 6.00. The van der Waals surface area contributed by atoms with E-state index in [9.17, 15) is 33.0 Å². The number of aromatic carboxylic acids is 1. The van der Waals surface area contributed by atoms with E-state index >= 15 is 0 Å². The third-order valence-corrected chi connectivity index (χ3v) is 7.00. The summed E-state index contributed by atoms with van der Waals surface area (Å²) >= 11 is 0. The van der Waals surface area contributed by atoms with Crippen LogP contribution in [0.1, 0.15) is 47.8 Å². The molecule has 0 aromatic heterocycles. The molecule has 0 unspecified atom stereocenters. The number of hydrogen-bond donors (Lipinski definition) is 4. The van der Waals surface area contributed by atoms with Crippen molar-refractivity contribution < 1.29 is 33.0 Å². The minimum absolute atomic E-state index is 0.0117. The molecule has 42 heavy (non-hydrogen) atoms. The number of carbonyl (C=O) groups excluding carboxylic acids is 1. The third kappa shape index (κ3) is 5.30. The number of phenolic OH excluding ortho intramolecular Hbond substituents is 1. The Morgan fingerprint density at radius 1 is 0.881 bits per heavy atom. The number of fused-ring (bicyclic) bond motifs is 1. The number of benzene rings is 4. The maximum atomic E-state index is 14.1. The maximum Gasteiger partial charge on any atom is 0.417 e. The van der Waals surface area contributed by atoms with E-state index < -0.39 is 23.6 Å². The number of nitrogens with one attached hydrogen (secondary N) is 2. The fraction of sp³-hybridized carbons (Fsp3) is 0.156. The summed E-state index contributed by atoms with van der Waals surface area (Å²) in [5.41, 5.74) is 3.49. The number of carboxylic acid groups (broad SMARTS) is 1. The monoisotopic (exact) mass is 573 g/mol. The number of alkyl halides is 3. The molecule has 4 aromatic carbocycles. The number of phenols is 1. The fourth-order valence-corrected chi connectivity index (χ4v) is 4.81. The van der Waals surface area contributed by atoms with E-state index in [-0.39, 0.29) is 50.5 Å². The highest BCUT2D eigenvalue weighted by atomic mass is 19.4. The number of amides is 1. The molecule has 1 aliphatic heterocycles. The van der Waals surface area contributed by atoms with Crippen LogP contribution in [0.2, 0.25) is 0 Å². The summed E-state index contributed by atoms with van der Waals surface area (Å²) in [7, 11) is 0. The van der Waals surface area contributed by atoms with Crippen molar-refractivity contribution >= 4 is 29.0 Å². The van der Waals surface area contributed by atoms with Crippen LogP contribution in [0.15, 0.2) is 84.0 Å². The van der Waals surface area contributed by atoms with Crippen molar-refractivity contribution in [3.05, 3.63) is 101 Å². The van der Waals surface area contributed by atoms with E-state index in [0.717, 1.165) is 11.6 Å². The third-order valence-electron chi connectivity index (χ3n) is 7.00. The Kier molecular flexibility index (Phi) is 7.01. The van der Waals surface area contributed by atoms with Crippen LogP contribution in [0.5, 0.6) is 5.75 Å². The first-order valence-corrected chi connectivity index (χ1v) is 12.9. The van der Waals surface area contributed by atoms with Crippen LogP contribution in [0.3, 0.4) is 0 Å². The van der Waals surface area contributed by atoms with Crippen LogP contribution in [-0.2, 0) is 16.4 Å². The van der Waals surface area contributed by atoms with Crippen LogP contribution in [0.4, 0.5) is 24.5 Å². The van der Waals surface area contributed by atoms with Crippen LogP contribution >= 0.6 is 0 Å². The Labute approximate surface area is 239 Å². The topological polar surface area (TPSA) is 111 Å². The van der Waals surface area contributed by atoms with Gasteiger partial charge in [-0.15, -0.1) is 0 Å². The number of aromatic hydroxyl groups is 1. The number of para-hydroxylation sites is 1. The van der Waals surface area contributed by atoms with Gasteiger partial charge in [-0.05, 0) is 52.4 Å². The van der Waals surface area contributed by atoms with Crippen LogP contribution < -0.4 is 10.7 Å². The summed E-state index contributed by atoms with van der Waals surface area (Å²) in [6.07, 6.45) is -4.68. The Hall–Kier alpha value is -5.12. The fourth-order valence-electron chi connectivity index (χ4n) is 4.81. The van der Waals surface area contributed by atoms with Gasteiger partial charge in [0.2, 0.25) is 0 Å². The van der Waals surface area contributed by atoms with E-state index in [4.69, 9.17) is 0 Å². The normalized spacial score (nSPS) is 14.0. The number of carbonyl (C=O) groups is 2. The van der Waals surface area contributed by atoms with Crippen molar-refractivity contribution in [2.45, 2.75) is 32.4 Å². The van der Waals surface area contributed by atoms with E-state index in [0.29, 0.717) is 11.1 Å². The molecule has 1 heterocycles. The van der Waals surface area contributed by atoms with Crippen molar-refractivity contribution in [2.24, 2.45) is 5.10 Å². The van der Waals surface area contributed by atoms with Gasteiger partial charge in [0.1, 0.15) is 5.75 Å². The molecule has 214 valence electrons. The number of rotatable bonds is 5. The lowest BCUT2D eigenvalue weighted by Crippen LogP contribution is -2.16. The zero-order valence-corrected chi connectivity index (χ0v) is 22.8. The minimum atomic E-state index is -4.68. The van der Waals surface area contributed by atoms with Gasteiger partial charge in [-0.3, -0.25) is 10.2 Å². The van der Waals surface area contributed by atoms with Crippen LogP contribution in [0, 0.1) is 0 Å². The molecule has 1 aliphatic rings. The van der Waals surface area contributed by atoms with Gasteiger partial charge in [-0.1, -0.05) is 69.3 Å². The van der Waals surface area contributed by atoms with Gasteiger partial charge < -0.3 is 15.5 Å². The second kappa shape index (κ2) is 10.4. The summed E-state index contributed by atoms with van der Waals surface area (Å²) < 4.78 is 42.3. The molecular formula is C32H26F3N3O4. The molecule has 4 N–H and O–H groups in total. The molecule has 0 fully saturated rings. The second-order valence-corrected chi connectivity index (χ2v) is 10.8. The van der Waals surface area contributed by atoms with E-state index in [1.807, 2.05) is 20.8 Å². The molecule has 0 saturated heterocycles. The molecular weight excluding hydrogens is 547 g/mol. The van der Waals surface area contributed by atoms with Crippen LogP contribution in [-0.4, -0.2) is 27.8 Å². The number of carboxylic acids is 1. The van der Waals surface area contributed by atoms with E-state index in [1.54, 1.807) is 48.5 Å². The summed E-state index contributed by atoms with van der Waals surface area (Å²) in [5, 5.41) is 26.9. The Bertz CT molecular complexity index is 1750. The second-order valence-electron chi connectivity index (χ2n) is 10.8. The van der Waals surface area contributed by atoms with Crippen molar-refractivity contribution in [1.82, 2.24) is 0 Å². The number of hydrazone groups is 1. The highest BCUT2D eigenvalue weighted by molar-refractivity contribution is 6.54. The minimum Gasteiger partial charge on any atom is -0.505 e. The standard InChI is InChI=1S/C32H26F3N3O4/c1-31(2,3)20-12-10-17(11-13-20)25-23(32(33,34)35)15-14-22-26(25)36-29(40)27(22)38-37-24-9-5-8-21(28(24)39)18-6-4-7-19(16-18)30(41)42/h4-16,37,39H,1-3H3,(H,41,42)(H,36,38,40). The lowest BCUT2D eigenvalue weighted by Gasteiger charge is -2.21. The number of hydrogen-bond acceptors (Lipinski definition) is 5.